The fourth-order valence-corrected chi connectivity index (χ4v) is 2.42. The van der Waals surface area contributed by atoms with E-state index in [2.05, 4.69) is 41.3 Å². The molecule has 1 aromatic heterocycles. The van der Waals surface area contributed by atoms with Gasteiger partial charge in [0.2, 0.25) is 5.89 Å². The van der Waals surface area contributed by atoms with Crippen LogP contribution in [-0.2, 0) is 6.42 Å². The van der Waals surface area contributed by atoms with E-state index in [0.717, 1.165) is 24.6 Å². The molecular formula is C15H19N3O. The molecule has 100 valence electrons. The lowest BCUT2D eigenvalue weighted by atomic mass is 10.1. The fourth-order valence-electron chi connectivity index (χ4n) is 2.42. The van der Waals surface area contributed by atoms with E-state index >= 15 is 0 Å². The average molecular weight is 257 g/mol. The van der Waals surface area contributed by atoms with Crippen molar-refractivity contribution < 1.29 is 4.52 Å². The summed E-state index contributed by atoms with van der Waals surface area (Å²) in [6, 6.07) is 10.6. The summed E-state index contributed by atoms with van der Waals surface area (Å²) < 4.78 is 5.37. The Balaban J connectivity index is 1.66. The molecule has 0 bridgehead atoms. The molecule has 0 spiro atoms. The highest BCUT2D eigenvalue weighted by Gasteiger charge is 2.43. The molecule has 2 N–H and O–H groups in total. The summed E-state index contributed by atoms with van der Waals surface area (Å²) in [5, 5.41) is 4.03. The highest BCUT2D eigenvalue weighted by Crippen LogP contribution is 2.53. The van der Waals surface area contributed by atoms with E-state index in [0.29, 0.717) is 18.3 Å². The first-order valence-corrected chi connectivity index (χ1v) is 6.91. The van der Waals surface area contributed by atoms with Crippen LogP contribution in [0.15, 0.2) is 34.9 Å². The Hall–Kier alpha value is -1.68. The van der Waals surface area contributed by atoms with Gasteiger partial charge in [0.05, 0.1) is 0 Å². The van der Waals surface area contributed by atoms with Crippen LogP contribution in [0.5, 0.6) is 0 Å². The Morgan fingerprint density at radius 3 is 2.84 bits per heavy atom. The SMILES string of the molecule is CCC(N)Cc1noc(C2CC2c2ccccc2)n1. The summed E-state index contributed by atoms with van der Waals surface area (Å²) in [5.41, 5.74) is 7.26. The molecule has 3 unspecified atom stereocenters. The maximum absolute atomic E-state index is 5.90. The molecule has 1 aliphatic rings. The van der Waals surface area contributed by atoms with Gasteiger partial charge in [-0.3, -0.25) is 0 Å². The predicted octanol–water partition coefficient (Wildman–Crippen LogP) is 2.62. The summed E-state index contributed by atoms with van der Waals surface area (Å²) in [7, 11) is 0. The van der Waals surface area contributed by atoms with Gasteiger partial charge < -0.3 is 10.3 Å². The summed E-state index contributed by atoms with van der Waals surface area (Å²) in [6.07, 6.45) is 2.73. The molecular weight excluding hydrogens is 238 g/mol. The summed E-state index contributed by atoms with van der Waals surface area (Å²) in [6.45, 7) is 2.07. The molecule has 0 saturated heterocycles. The van der Waals surface area contributed by atoms with Crippen molar-refractivity contribution in [3.63, 3.8) is 0 Å². The largest absolute Gasteiger partial charge is 0.339 e. The third-order valence-corrected chi connectivity index (χ3v) is 3.79. The van der Waals surface area contributed by atoms with Gasteiger partial charge in [0.1, 0.15) is 0 Å². The van der Waals surface area contributed by atoms with Crippen LogP contribution in [-0.4, -0.2) is 16.2 Å². The normalized spacial score (nSPS) is 23.3. The van der Waals surface area contributed by atoms with Gasteiger partial charge in [-0.15, -0.1) is 0 Å². The van der Waals surface area contributed by atoms with Crippen LogP contribution in [0.1, 0.15) is 48.9 Å². The molecule has 3 atom stereocenters. The maximum Gasteiger partial charge on any atom is 0.230 e. The lowest BCUT2D eigenvalue weighted by molar-refractivity contribution is 0.371. The minimum absolute atomic E-state index is 0.120. The molecule has 4 heteroatoms. The van der Waals surface area contributed by atoms with E-state index in [1.807, 2.05) is 6.07 Å². The van der Waals surface area contributed by atoms with E-state index in [9.17, 15) is 0 Å². The van der Waals surface area contributed by atoms with Gasteiger partial charge in [-0.25, -0.2) is 0 Å². The number of nitrogens with zero attached hydrogens (tertiary/aromatic N) is 2. The third kappa shape index (κ3) is 2.68. The predicted molar refractivity (Wildman–Crippen MR) is 72.8 cm³/mol. The van der Waals surface area contributed by atoms with E-state index < -0.39 is 0 Å². The van der Waals surface area contributed by atoms with E-state index in [-0.39, 0.29) is 6.04 Å². The van der Waals surface area contributed by atoms with Gasteiger partial charge in [0.25, 0.3) is 0 Å². The molecule has 3 rings (SSSR count). The van der Waals surface area contributed by atoms with Crippen LogP contribution >= 0.6 is 0 Å². The smallest absolute Gasteiger partial charge is 0.230 e. The van der Waals surface area contributed by atoms with E-state index in [4.69, 9.17) is 10.3 Å². The molecule has 1 aliphatic carbocycles. The van der Waals surface area contributed by atoms with Crippen molar-refractivity contribution in [1.82, 2.24) is 10.1 Å². The third-order valence-electron chi connectivity index (χ3n) is 3.79. The van der Waals surface area contributed by atoms with Gasteiger partial charge in [0, 0.05) is 18.4 Å². The second-order valence-corrected chi connectivity index (χ2v) is 5.28. The molecule has 0 radical (unpaired) electrons. The fraction of sp³-hybridized carbons (Fsp3) is 0.467. The Bertz CT molecular complexity index is 537. The Morgan fingerprint density at radius 2 is 2.11 bits per heavy atom. The van der Waals surface area contributed by atoms with Crippen LogP contribution < -0.4 is 5.73 Å². The molecule has 1 heterocycles. The lowest BCUT2D eigenvalue weighted by Gasteiger charge is -2.02. The van der Waals surface area contributed by atoms with Crippen molar-refractivity contribution in [2.45, 2.75) is 44.1 Å². The number of hydrogen-bond acceptors (Lipinski definition) is 4. The second kappa shape index (κ2) is 5.13. The number of aromatic nitrogens is 2. The van der Waals surface area contributed by atoms with E-state index in [1.165, 1.54) is 5.56 Å². The first-order chi connectivity index (χ1) is 9.28. The number of hydrogen-bond donors (Lipinski definition) is 1. The van der Waals surface area contributed by atoms with Gasteiger partial charge in [-0.05, 0) is 24.3 Å². The lowest BCUT2D eigenvalue weighted by Crippen LogP contribution is -2.21. The van der Waals surface area contributed by atoms with Crippen LogP contribution in [0.2, 0.25) is 0 Å². The maximum atomic E-state index is 5.90. The van der Waals surface area contributed by atoms with Crippen LogP contribution in [0, 0.1) is 0 Å². The van der Waals surface area contributed by atoms with Crippen LogP contribution in [0.4, 0.5) is 0 Å². The van der Waals surface area contributed by atoms with Crippen LogP contribution in [0.25, 0.3) is 0 Å². The number of benzene rings is 1. The van der Waals surface area contributed by atoms with Crippen molar-refractivity contribution in [2.24, 2.45) is 5.73 Å². The number of rotatable bonds is 5. The summed E-state index contributed by atoms with van der Waals surface area (Å²) >= 11 is 0. The quantitative estimate of drug-likeness (QED) is 0.894. The van der Waals surface area contributed by atoms with Gasteiger partial charge in [-0.2, -0.15) is 4.98 Å². The van der Waals surface area contributed by atoms with E-state index in [1.54, 1.807) is 0 Å². The van der Waals surface area contributed by atoms with Crippen molar-refractivity contribution in [3.8, 4) is 0 Å². The van der Waals surface area contributed by atoms with Gasteiger partial charge in [-0.1, -0.05) is 42.4 Å². The Labute approximate surface area is 113 Å². The summed E-state index contributed by atoms with van der Waals surface area (Å²) in [4.78, 5) is 4.48. The molecule has 19 heavy (non-hydrogen) atoms. The zero-order chi connectivity index (χ0) is 13.2. The molecule has 1 aromatic carbocycles. The number of nitrogens with two attached hydrogens (primary N) is 1. The second-order valence-electron chi connectivity index (χ2n) is 5.28. The van der Waals surface area contributed by atoms with Gasteiger partial charge in [0.15, 0.2) is 5.82 Å². The molecule has 1 fully saturated rings. The summed E-state index contributed by atoms with van der Waals surface area (Å²) in [5.74, 6) is 2.44. The zero-order valence-electron chi connectivity index (χ0n) is 11.1. The standard InChI is InChI=1S/C15H19N3O/c1-2-11(16)8-14-17-15(19-18-14)13-9-12(13)10-6-4-3-5-7-10/h3-7,11-13H,2,8-9,16H2,1H3. The topological polar surface area (TPSA) is 64.9 Å². The molecule has 0 aliphatic heterocycles. The Kier molecular flexibility index (Phi) is 3.34. The Morgan fingerprint density at radius 1 is 1.32 bits per heavy atom. The average Bonchev–Trinajstić information content (AvgIpc) is 3.13. The van der Waals surface area contributed by atoms with Crippen molar-refractivity contribution in [1.29, 1.82) is 0 Å². The highest BCUT2D eigenvalue weighted by atomic mass is 16.5. The molecule has 2 aromatic rings. The van der Waals surface area contributed by atoms with Crippen molar-refractivity contribution in [2.75, 3.05) is 0 Å². The van der Waals surface area contributed by atoms with Crippen molar-refractivity contribution in [3.05, 3.63) is 47.6 Å². The van der Waals surface area contributed by atoms with Gasteiger partial charge >= 0.3 is 0 Å². The molecule has 1 saturated carbocycles. The molecule has 0 amide bonds. The zero-order valence-corrected chi connectivity index (χ0v) is 11.1. The minimum atomic E-state index is 0.120. The highest BCUT2D eigenvalue weighted by molar-refractivity contribution is 5.30. The first kappa shape index (κ1) is 12.4. The van der Waals surface area contributed by atoms with Crippen LogP contribution in [0.3, 0.4) is 0 Å². The van der Waals surface area contributed by atoms with Crippen molar-refractivity contribution >= 4 is 0 Å². The first-order valence-electron chi connectivity index (χ1n) is 6.91. The minimum Gasteiger partial charge on any atom is -0.339 e. The monoisotopic (exact) mass is 257 g/mol. The molecule has 4 nitrogen and oxygen atoms in total.